The second kappa shape index (κ2) is 8.50. The molecule has 0 aromatic heterocycles. The summed E-state index contributed by atoms with van der Waals surface area (Å²) >= 11 is 1.75. The zero-order chi connectivity index (χ0) is 17.6. The van der Waals surface area contributed by atoms with E-state index in [1.807, 2.05) is 57.2 Å². The predicted octanol–water partition coefficient (Wildman–Crippen LogP) is 5.54. The summed E-state index contributed by atoms with van der Waals surface area (Å²) in [5.74, 6) is 0.226. The molecule has 2 rings (SSSR count). The smallest absolute Gasteiger partial charge is 0.140 e. The summed E-state index contributed by atoms with van der Waals surface area (Å²) in [7, 11) is 1.70. The summed E-state index contributed by atoms with van der Waals surface area (Å²) in [6, 6.07) is 20.6. The first-order valence-corrected chi connectivity index (χ1v) is 9.12. The molecule has 2 aromatic carbocycles. The number of ether oxygens (including phenoxy) is 1. The van der Waals surface area contributed by atoms with E-state index in [0.29, 0.717) is 6.42 Å². The van der Waals surface area contributed by atoms with Crippen LogP contribution in [-0.4, -0.2) is 19.0 Å². The number of benzene rings is 2. The van der Waals surface area contributed by atoms with Crippen LogP contribution in [0, 0.1) is 5.41 Å². The van der Waals surface area contributed by atoms with Gasteiger partial charge in [-0.3, -0.25) is 4.79 Å². The number of Topliss-reactive ketones (excluding diaryl/α,β-unsaturated/α-hetero) is 1. The fourth-order valence-corrected chi connectivity index (χ4v) is 3.71. The van der Waals surface area contributed by atoms with Crippen molar-refractivity contribution in [3.05, 3.63) is 66.2 Å². The Morgan fingerprint density at radius 2 is 1.54 bits per heavy atom. The Morgan fingerprint density at radius 3 is 2.04 bits per heavy atom. The van der Waals surface area contributed by atoms with Gasteiger partial charge in [-0.25, -0.2) is 0 Å². The van der Waals surface area contributed by atoms with Crippen molar-refractivity contribution in [3.63, 3.8) is 0 Å². The van der Waals surface area contributed by atoms with Crippen LogP contribution in [0.15, 0.2) is 65.6 Å². The van der Waals surface area contributed by atoms with Crippen molar-refractivity contribution in [2.24, 2.45) is 5.41 Å². The Morgan fingerprint density at radius 1 is 1.00 bits per heavy atom. The molecular weight excluding hydrogens is 316 g/mol. The number of thioether (sulfide) groups is 1. The molecule has 0 amide bonds. The van der Waals surface area contributed by atoms with Gasteiger partial charge in [0, 0.05) is 23.8 Å². The number of ketones is 1. The van der Waals surface area contributed by atoms with Crippen LogP contribution in [0.25, 0.3) is 0 Å². The lowest BCUT2D eigenvalue weighted by molar-refractivity contribution is -0.128. The van der Waals surface area contributed by atoms with Gasteiger partial charge in [-0.1, -0.05) is 69.3 Å². The average molecular weight is 343 g/mol. The summed E-state index contributed by atoms with van der Waals surface area (Å²) in [6.07, 6.45) is 0.253. The summed E-state index contributed by atoms with van der Waals surface area (Å²) in [5.41, 5.74) is 0.829. The maximum atomic E-state index is 12.5. The van der Waals surface area contributed by atoms with E-state index in [9.17, 15) is 4.79 Å². The van der Waals surface area contributed by atoms with Gasteiger partial charge in [0.2, 0.25) is 0 Å². The molecule has 0 radical (unpaired) electrons. The Balaban J connectivity index is 2.28. The summed E-state index contributed by atoms with van der Waals surface area (Å²) in [4.78, 5) is 13.7. The first-order valence-electron chi connectivity index (χ1n) is 8.24. The van der Waals surface area contributed by atoms with Crippen molar-refractivity contribution in [3.8, 4) is 0 Å². The topological polar surface area (TPSA) is 26.3 Å². The lowest BCUT2D eigenvalue weighted by Crippen LogP contribution is -2.29. The van der Waals surface area contributed by atoms with Crippen LogP contribution >= 0.6 is 11.8 Å². The maximum absolute atomic E-state index is 12.5. The van der Waals surface area contributed by atoms with E-state index in [-0.39, 0.29) is 22.6 Å². The number of carbonyl (C=O) groups is 1. The van der Waals surface area contributed by atoms with E-state index in [2.05, 4.69) is 24.3 Å². The highest BCUT2D eigenvalue weighted by molar-refractivity contribution is 7.99. The molecule has 0 spiro atoms. The second-order valence-electron chi connectivity index (χ2n) is 6.91. The third-order valence-corrected chi connectivity index (χ3v) is 5.37. The second-order valence-corrected chi connectivity index (χ2v) is 8.13. The van der Waals surface area contributed by atoms with Crippen LogP contribution in [0.3, 0.4) is 0 Å². The van der Waals surface area contributed by atoms with Crippen molar-refractivity contribution >= 4 is 17.5 Å². The maximum Gasteiger partial charge on any atom is 0.140 e. The molecule has 0 aliphatic heterocycles. The van der Waals surface area contributed by atoms with Crippen molar-refractivity contribution in [1.29, 1.82) is 0 Å². The lowest BCUT2D eigenvalue weighted by Gasteiger charge is -2.28. The zero-order valence-corrected chi connectivity index (χ0v) is 15.7. The molecule has 0 aliphatic carbocycles. The highest BCUT2D eigenvalue weighted by atomic mass is 32.2. The molecular formula is C21H26O2S. The lowest BCUT2D eigenvalue weighted by atomic mass is 9.86. The highest BCUT2D eigenvalue weighted by Crippen LogP contribution is 2.40. The van der Waals surface area contributed by atoms with Gasteiger partial charge in [-0.05, 0) is 17.7 Å². The van der Waals surface area contributed by atoms with E-state index in [0.717, 1.165) is 0 Å². The van der Waals surface area contributed by atoms with Crippen LogP contribution in [0.5, 0.6) is 0 Å². The molecule has 0 saturated carbocycles. The van der Waals surface area contributed by atoms with Gasteiger partial charge in [0.25, 0.3) is 0 Å². The van der Waals surface area contributed by atoms with Gasteiger partial charge in [0.1, 0.15) is 5.78 Å². The predicted molar refractivity (Wildman–Crippen MR) is 101 cm³/mol. The van der Waals surface area contributed by atoms with Gasteiger partial charge in [-0.2, -0.15) is 0 Å². The van der Waals surface area contributed by atoms with E-state index >= 15 is 0 Å². The normalized spacial score (nSPS) is 14.2. The molecule has 0 bridgehead atoms. The van der Waals surface area contributed by atoms with Crippen molar-refractivity contribution in [1.82, 2.24) is 0 Å². The quantitative estimate of drug-likeness (QED) is 0.618. The molecule has 0 heterocycles. The molecule has 0 saturated heterocycles. The average Bonchev–Trinajstić information content (AvgIpc) is 2.58. The minimum atomic E-state index is -0.352. The van der Waals surface area contributed by atoms with E-state index < -0.39 is 0 Å². The van der Waals surface area contributed by atoms with Gasteiger partial charge < -0.3 is 4.74 Å². The highest BCUT2D eigenvalue weighted by Gasteiger charge is 2.30. The molecule has 0 aliphatic rings. The molecule has 24 heavy (non-hydrogen) atoms. The van der Waals surface area contributed by atoms with E-state index in [4.69, 9.17) is 4.74 Å². The van der Waals surface area contributed by atoms with Crippen LogP contribution in [-0.2, 0) is 9.53 Å². The molecule has 0 N–H and O–H groups in total. The molecule has 0 unspecified atom stereocenters. The van der Waals surface area contributed by atoms with Crippen LogP contribution in [0.4, 0.5) is 0 Å². The minimum absolute atomic E-state index is 0.0740. The van der Waals surface area contributed by atoms with Gasteiger partial charge in [-0.15, -0.1) is 11.8 Å². The molecule has 2 aromatic rings. The molecule has 3 heteroatoms. The number of hydrogen-bond acceptors (Lipinski definition) is 3. The molecule has 2 nitrogen and oxygen atoms in total. The fourth-order valence-electron chi connectivity index (χ4n) is 2.45. The molecule has 128 valence electrons. The van der Waals surface area contributed by atoms with Crippen molar-refractivity contribution < 1.29 is 9.53 Å². The first kappa shape index (κ1) is 18.8. The summed E-state index contributed by atoms with van der Waals surface area (Å²) in [5, 5.41) is 0.0740. The van der Waals surface area contributed by atoms with Gasteiger partial charge in [0.05, 0.1) is 11.4 Å². The van der Waals surface area contributed by atoms with Crippen molar-refractivity contribution in [2.75, 3.05) is 7.11 Å². The standard InChI is InChI=1S/C21H26O2S/c1-21(2,3)19(22)15-18(23-4)20(16-11-7-5-8-12-16)24-17-13-9-6-10-14-17/h5-14,18,20H,15H2,1-4H3/t18-,20+/m1/s1. The zero-order valence-electron chi connectivity index (χ0n) is 14.9. The summed E-state index contributed by atoms with van der Waals surface area (Å²) < 4.78 is 5.76. The SMILES string of the molecule is CO[C@H](CC(=O)C(C)(C)C)[C@@H](Sc1ccccc1)c1ccccc1. The van der Waals surface area contributed by atoms with E-state index in [1.54, 1.807) is 18.9 Å². The molecule has 2 atom stereocenters. The molecule has 0 fully saturated rings. The number of carbonyl (C=O) groups excluding carboxylic acids is 1. The third-order valence-electron chi connectivity index (χ3n) is 4.00. The Hall–Kier alpha value is -1.58. The Bertz CT molecular complexity index is 632. The third kappa shape index (κ3) is 5.22. The van der Waals surface area contributed by atoms with Crippen LogP contribution < -0.4 is 0 Å². The fraction of sp³-hybridized carbons (Fsp3) is 0.381. The van der Waals surface area contributed by atoms with Gasteiger partial charge >= 0.3 is 0 Å². The minimum Gasteiger partial charge on any atom is -0.379 e. The first-order chi connectivity index (χ1) is 11.4. The van der Waals surface area contributed by atoms with E-state index in [1.165, 1.54) is 10.5 Å². The van der Waals surface area contributed by atoms with Crippen molar-refractivity contribution in [2.45, 2.75) is 43.4 Å². The van der Waals surface area contributed by atoms with Gasteiger partial charge in [0.15, 0.2) is 0 Å². The number of methoxy groups -OCH3 is 1. The number of rotatable bonds is 7. The van der Waals surface area contributed by atoms with Crippen LogP contribution in [0.2, 0.25) is 0 Å². The Labute approximate surface area is 149 Å². The number of hydrogen-bond donors (Lipinski definition) is 0. The monoisotopic (exact) mass is 342 g/mol. The summed E-state index contributed by atoms with van der Waals surface area (Å²) in [6.45, 7) is 5.89. The van der Waals surface area contributed by atoms with Crippen LogP contribution in [0.1, 0.15) is 38.0 Å². The largest absolute Gasteiger partial charge is 0.379 e. The Kier molecular flexibility index (Phi) is 6.64.